The molecule has 0 fully saturated rings. The summed E-state index contributed by atoms with van der Waals surface area (Å²) in [5.74, 6) is 1.07. The summed E-state index contributed by atoms with van der Waals surface area (Å²) in [6.07, 6.45) is 2.23. The summed E-state index contributed by atoms with van der Waals surface area (Å²) in [7, 11) is 1.92. The number of hydrogen-bond donors (Lipinski definition) is 2. The van der Waals surface area contributed by atoms with Gasteiger partial charge in [0.05, 0.1) is 0 Å². The molecule has 3 N–H and O–H groups in total. The fourth-order valence-corrected chi connectivity index (χ4v) is 1.52. The molecule has 1 heterocycles. The van der Waals surface area contributed by atoms with Crippen LogP contribution in [0.5, 0.6) is 0 Å². The molecule has 0 saturated heterocycles. The lowest BCUT2D eigenvalue weighted by molar-refractivity contribution is 0.316. The molecule has 1 atom stereocenters. The zero-order valence-electron chi connectivity index (χ0n) is 9.26. The van der Waals surface area contributed by atoms with Crippen LogP contribution >= 0.6 is 15.9 Å². The van der Waals surface area contributed by atoms with Crippen LogP contribution in [-0.2, 0) is 0 Å². The summed E-state index contributed by atoms with van der Waals surface area (Å²) in [5.41, 5.74) is 5.46. The molecule has 1 unspecified atom stereocenters. The van der Waals surface area contributed by atoms with Crippen molar-refractivity contribution >= 4 is 27.6 Å². The van der Waals surface area contributed by atoms with Crippen molar-refractivity contribution in [2.24, 2.45) is 10.9 Å². The van der Waals surface area contributed by atoms with Gasteiger partial charge in [0, 0.05) is 30.2 Å². The number of amidine groups is 1. The van der Waals surface area contributed by atoms with Crippen LogP contribution in [0.3, 0.4) is 0 Å². The Balaban J connectivity index is 2.70. The van der Waals surface area contributed by atoms with Crippen molar-refractivity contribution < 1.29 is 5.21 Å². The number of nitrogens with zero attached hydrogens (tertiary/aromatic N) is 3. The van der Waals surface area contributed by atoms with Gasteiger partial charge in [-0.2, -0.15) is 0 Å². The van der Waals surface area contributed by atoms with E-state index in [1.54, 1.807) is 6.20 Å². The molecule has 0 aliphatic carbocycles. The van der Waals surface area contributed by atoms with Gasteiger partial charge in [0.25, 0.3) is 0 Å². The van der Waals surface area contributed by atoms with Crippen LogP contribution in [-0.4, -0.2) is 29.1 Å². The molecule has 0 spiro atoms. The Bertz CT molecular complexity index is 366. The van der Waals surface area contributed by atoms with Gasteiger partial charge in [0.15, 0.2) is 0 Å². The van der Waals surface area contributed by atoms with Gasteiger partial charge in [-0.05, 0) is 35.0 Å². The summed E-state index contributed by atoms with van der Waals surface area (Å²) >= 11 is 3.33. The smallest absolute Gasteiger partial charge is 0.141 e. The molecule has 1 aromatic heterocycles. The average Bonchev–Trinajstić information content (AvgIpc) is 2.28. The predicted octanol–water partition coefficient (Wildman–Crippen LogP) is 1.81. The van der Waals surface area contributed by atoms with Crippen molar-refractivity contribution in [1.82, 2.24) is 4.98 Å². The second kappa shape index (κ2) is 5.69. The highest BCUT2D eigenvalue weighted by Crippen LogP contribution is 2.16. The Hall–Kier alpha value is -1.30. The molecule has 1 aromatic rings. The summed E-state index contributed by atoms with van der Waals surface area (Å²) < 4.78 is 0.939. The molecule has 0 aliphatic rings. The zero-order valence-corrected chi connectivity index (χ0v) is 10.8. The minimum atomic E-state index is 0.115. The third kappa shape index (κ3) is 3.37. The maximum atomic E-state index is 8.50. The largest absolute Gasteiger partial charge is 0.409 e. The molecule has 1 rings (SSSR count). The predicted molar refractivity (Wildman–Crippen MR) is 67.8 cm³/mol. The van der Waals surface area contributed by atoms with E-state index in [1.807, 2.05) is 31.0 Å². The number of aromatic nitrogens is 1. The second-order valence-corrected chi connectivity index (χ2v) is 4.51. The minimum absolute atomic E-state index is 0.115. The molecule has 0 radical (unpaired) electrons. The monoisotopic (exact) mass is 286 g/mol. The van der Waals surface area contributed by atoms with E-state index in [-0.39, 0.29) is 11.9 Å². The molecular formula is C10H15BrN4O. The average molecular weight is 287 g/mol. The first kappa shape index (κ1) is 12.8. The topological polar surface area (TPSA) is 74.7 Å². The number of pyridine rings is 1. The lowest BCUT2D eigenvalue weighted by Gasteiger charge is -2.25. The molecule has 0 aliphatic heterocycles. The van der Waals surface area contributed by atoms with E-state index in [1.165, 1.54) is 0 Å². The number of halogens is 1. The van der Waals surface area contributed by atoms with E-state index in [4.69, 9.17) is 10.9 Å². The van der Waals surface area contributed by atoms with E-state index in [0.29, 0.717) is 6.42 Å². The number of nitrogens with two attached hydrogens (primary N) is 1. The van der Waals surface area contributed by atoms with Crippen LogP contribution in [0.1, 0.15) is 13.3 Å². The fraction of sp³-hybridized carbons (Fsp3) is 0.400. The Labute approximate surface area is 103 Å². The van der Waals surface area contributed by atoms with Crippen molar-refractivity contribution in [3.63, 3.8) is 0 Å². The maximum Gasteiger partial charge on any atom is 0.141 e. The Kier molecular flexibility index (Phi) is 4.54. The summed E-state index contributed by atoms with van der Waals surface area (Å²) in [5, 5.41) is 11.5. The standard InChI is InChI=1S/C10H15BrN4O/c1-7(5-9(12)14-16)15(2)10-4-3-8(11)6-13-10/h3-4,6-7,16H,5H2,1-2H3,(H2,12,14). The molecule has 0 aromatic carbocycles. The van der Waals surface area contributed by atoms with Crippen molar-refractivity contribution in [2.45, 2.75) is 19.4 Å². The van der Waals surface area contributed by atoms with Gasteiger partial charge in [0.1, 0.15) is 11.7 Å². The van der Waals surface area contributed by atoms with E-state index in [0.717, 1.165) is 10.3 Å². The number of hydrogen-bond acceptors (Lipinski definition) is 4. The van der Waals surface area contributed by atoms with Crippen molar-refractivity contribution in [3.8, 4) is 0 Å². The second-order valence-electron chi connectivity index (χ2n) is 3.59. The highest BCUT2D eigenvalue weighted by Gasteiger charge is 2.12. The van der Waals surface area contributed by atoms with Crippen LogP contribution < -0.4 is 10.6 Å². The molecule has 0 saturated carbocycles. The van der Waals surface area contributed by atoms with Crippen LogP contribution in [0.25, 0.3) is 0 Å². The van der Waals surface area contributed by atoms with Crippen molar-refractivity contribution in [2.75, 3.05) is 11.9 Å². The lowest BCUT2D eigenvalue weighted by Crippen LogP contribution is -2.33. The van der Waals surface area contributed by atoms with E-state index >= 15 is 0 Å². The molecule has 16 heavy (non-hydrogen) atoms. The first-order valence-electron chi connectivity index (χ1n) is 4.85. The third-order valence-electron chi connectivity index (χ3n) is 2.37. The third-order valence-corrected chi connectivity index (χ3v) is 2.84. The molecule has 5 nitrogen and oxygen atoms in total. The molecular weight excluding hydrogens is 272 g/mol. The highest BCUT2D eigenvalue weighted by molar-refractivity contribution is 9.10. The van der Waals surface area contributed by atoms with Gasteiger partial charge < -0.3 is 15.8 Å². The van der Waals surface area contributed by atoms with Gasteiger partial charge in [-0.15, -0.1) is 0 Å². The lowest BCUT2D eigenvalue weighted by atomic mass is 10.2. The minimum Gasteiger partial charge on any atom is -0.409 e. The number of anilines is 1. The summed E-state index contributed by atoms with van der Waals surface area (Å²) in [6.45, 7) is 1.99. The van der Waals surface area contributed by atoms with Gasteiger partial charge >= 0.3 is 0 Å². The van der Waals surface area contributed by atoms with Crippen LogP contribution in [0.4, 0.5) is 5.82 Å². The van der Waals surface area contributed by atoms with E-state index in [2.05, 4.69) is 26.1 Å². The molecule has 6 heteroatoms. The number of rotatable bonds is 4. The van der Waals surface area contributed by atoms with Crippen LogP contribution in [0.15, 0.2) is 28.0 Å². The molecule has 0 amide bonds. The fourth-order valence-electron chi connectivity index (χ4n) is 1.28. The van der Waals surface area contributed by atoms with E-state index < -0.39 is 0 Å². The first-order chi connectivity index (χ1) is 7.54. The summed E-state index contributed by atoms with van der Waals surface area (Å²) in [6, 6.07) is 3.95. The maximum absolute atomic E-state index is 8.50. The quantitative estimate of drug-likeness (QED) is 0.383. The summed E-state index contributed by atoms with van der Waals surface area (Å²) in [4.78, 5) is 6.24. The molecule has 0 bridgehead atoms. The first-order valence-corrected chi connectivity index (χ1v) is 5.64. The van der Waals surface area contributed by atoms with Crippen molar-refractivity contribution in [3.05, 3.63) is 22.8 Å². The van der Waals surface area contributed by atoms with Crippen molar-refractivity contribution in [1.29, 1.82) is 0 Å². The van der Waals surface area contributed by atoms with E-state index in [9.17, 15) is 0 Å². The van der Waals surface area contributed by atoms with Gasteiger partial charge in [-0.1, -0.05) is 5.16 Å². The Morgan fingerprint density at radius 2 is 2.38 bits per heavy atom. The highest BCUT2D eigenvalue weighted by atomic mass is 79.9. The van der Waals surface area contributed by atoms with Gasteiger partial charge in [-0.25, -0.2) is 4.98 Å². The number of oxime groups is 1. The SMILES string of the molecule is CC(CC(N)=NO)N(C)c1ccc(Br)cn1. The Morgan fingerprint density at radius 3 is 2.88 bits per heavy atom. The van der Waals surface area contributed by atoms with Gasteiger partial charge in [-0.3, -0.25) is 0 Å². The molecule has 88 valence electrons. The zero-order chi connectivity index (χ0) is 12.1. The Morgan fingerprint density at radius 1 is 1.69 bits per heavy atom. The van der Waals surface area contributed by atoms with Crippen LogP contribution in [0, 0.1) is 0 Å². The van der Waals surface area contributed by atoms with Crippen LogP contribution in [0.2, 0.25) is 0 Å². The van der Waals surface area contributed by atoms with Gasteiger partial charge in [0.2, 0.25) is 0 Å². The normalized spacial score (nSPS) is 13.6.